The number of nitrogens with zero attached hydrogens (tertiary/aromatic N) is 1. The maximum atomic E-state index is 13.4. The molecule has 6 nitrogen and oxygen atoms in total. The van der Waals surface area contributed by atoms with E-state index >= 15 is 0 Å². The molecule has 1 aromatic heterocycles. The van der Waals surface area contributed by atoms with Crippen LogP contribution in [0, 0.1) is 17.8 Å². The summed E-state index contributed by atoms with van der Waals surface area (Å²) in [5.74, 6) is 0.0734. The zero-order valence-electron chi connectivity index (χ0n) is 18.3. The molecule has 4 aliphatic rings. The maximum Gasteiger partial charge on any atom is 0.258 e. The molecule has 168 valence electrons. The molecule has 1 saturated carbocycles. The summed E-state index contributed by atoms with van der Waals surface area (Å²) in [6.45, 7) is 1.20. The van der Waals surface area contributed by atoms with Gasteiger partial charge in [0, 0.05) is 42.9 Å². The third-order valence-corrected chi connectivity index (χ3v) is 8.08. The molecule has 1 saturated heterocycles. The second-order valence-electron chi connectivity index (χ2n) is 9.94. The number of allylic oxidation sites excluding steroid dienone is 2. The number of rotatable bonds is 5. The Balaban J connectivity index is 1.39. The van der Waals surface area contributed by atoms with Crippen LogP contribution in [-0.2, 0) is 11.3 Å². The lowest BCUT2D eigenvalue weighted by molar-refractivity contribution is -0.127. The highest BCUT2D eigenvalue weighted by atomic mass is 16.3. The topological polar surface area (TPSA) is 83.4 Å². The molecule has 0 aromatic carbocycles. The number of carbonyl (C=O) groups excluding carboxylic acids is 1. The number of nitrogens with one attached hydrogen (secondary N) is 2. The van der Waals surface area contributed by atoms with E-state index in [2.05, 4.69) is 16.7 Å². The van der Waals surface area contributed by atoms with E-state index in [-0.39, 0.29) is 42.0 Å². The molecule has 2 aliphatic heterocycles. The fraction of sp³-hybridized carbons (Fsp3) is 0.680. The van der Waals surface area contributed by atoms with Gasteiger partial charge in [0.15, 0.2) is 0 Å². The van der Waals surface area contributed by atoms with Crippen molar-refractivity contribution in [1.29, 1.82) is 0 Å². The standard InChI is InChI=1S/C25H35N3O3/c29-15-19-20-14-28-21(12-11-18(25(28)31)17-9-5-2-6-10-17)23(27-20)22(19)24(30)26-13-16-7-3-1-4-8-16/h9,11-12,16,19-20,22-23,27,29H,1-8,10,13-15H2,(H,26,30)/t19-,20-,22+,23+/m1/s1. The van der Waals surface area contributed by atoms with Crippen LogP contribution < -0.4 is 16.2 Å². The van der Waals surface area contributed by atoms with Crippen molar-refractivity contribution < 1.29 is 9.90 Å². The molecule has 3 heterocycles. The lowest BCUT2D eigenvalue weighted by atomic mass is 9.85. The molecule has 0 spiro atoms. The lowest BCUT2D eigenvalue weighted by Crippen LogP contribution is -2.44. The van der Waals surface area contributed by atoms with E-state index in [9.17, 15) is 14.7 Å². The van der Waals surface area contributed by atoms with Crippen molar-refractivity contribution >= 4 is 11.5 Å². The first kappa shape index (κ1) is 21.0. The molecule has 1 amide bonds. The van der Waals surface area contributed by atoms with E-state index in [0.29, 0.717) is 12.5 Å². The predicted octanol–water partition coefficient (Wildman–Crippen LogP) is 2.75. The van der Waals surface area contributed by atoms with E-state index < -0.39 is 0 Å². The fourth-order valence-corrected chi connectivity index (χ4v) is 6.33. The minimum absolute atomic E-state index is 0.0181. The molecule has 0 radical (unpaired) electrons. The van der Waals surface area contributed by atoms with Gasteiger partial charge in [-0.25, -0.2) is 0 Å². The first-order chi connectivity index (χ1) is 15.2. The molecule has 31 heavy (non-hydrogen) atoms. The SMILES string of the molecule is O=C(NCC1CCCCC1)[C@H]1[C@H](CO)[C@H]2Cn3c(ccc(C4=CCCCC4)c3=O)[C@@H]1N2. The van der Waals surface area contributed by atoms with Gasteiger partial charge in [-0.3, -0.25) is 9.59 Å². The van der Waals surface area contributed by atoms with Gasteiger partial charge in [-0.2, -0.15) is 0 Å². The van der Waals surface area contributed by atoms with Crippen molar-refractivity contribution in [3.63, 3.8) is 0 Å². The van der Waals surface area contributed by atoms with Gasteiger partial charge in [0.1, 0.15) is 0 Å². The van der Waals surface area contributed by atoms with Gasteiger partial charge in [-0.05, 0) is 62.1 Å². The van der Waals surface area contributed by atoms with Crippen LogP contribution in [0.4, 0.5) is 0 Å². The number of aliphatic hydroxyl groups excluding tert-OH is 1. The van der Waals surface area contributed by atoms with Gasteiger partial charge in [0.05, 0.1) is 12.0 Å². The Labute approximate surface area is 184 Å². The third kappa shape index (κ3) is 3.89. The third-order valence-electron chi connectivity index (χ3n) is 8.08. The maximum absolute atomic E-state index is 13.4. The van der Waals surface area contributed by atoms with Crippen molar-refractivity contribution in [2.75, 3.05) is 13.2 Å². The Kier molecular flexibility index (Phi) is 6.02. The van der Waals surface area contributed by atoms with Crippen LogP contribution in [0.25, 0.3) is 5.57 Å². The fourth-order valence-electron chi connectivity index (χ4n) is 6.33. The summed E-state index contributed by atoms with van der Waals surface area (Å²) >= 11 is 0. The second-order valence-corrected chi connectivity index (χ2v) is 9.94. The van der Waals surface area contributed by atoms with Gasteiger partial charge in [0.25, 0.3) is 5.56 Å². The summed E-state index contributed by atoms with van der Waals surface area (Å²) < 4.78 is 1.87. The minimum Gasteiger partial charge on any atom is -0.396 e. The van der Waals surface area contributed by atoms with Crippen molar-refractivity contribution in [2.24, 2.45) is 17.8 Å². The Morgan fingerprint density at radius 1 is 1.16 bits per heavy atom. The van der Waals surface area contributed by atoms with Crippen LogP contribution in [0.3, 0.4) is 0 Å². The summed E-state index contributed by atoms with van der Waals surface area (Å²) in [7, 11) is 0. The zero-order valence-corrected chi connectivity index (χ0v) is 18.3. The normalized spacial score (nSPS) is 30.5. The second kappa shape index (κ2) is 8.91. The van der Waals surface area contributed by atoms with E-state index in [0.717, 1.165) is 42.6 Å². The first-order valence-electron chi connectivity index (χ1n) is 12.2. The van der Waals surface area contributed by atoms with Crippen LogP contribution in [0.1, 0.15) is 75.1 Å². The highest BCUT2D eigenvalue weighted by molar-refractivity contribution is 5.80. The number of aromatic nitrogens is 1. The van der Waals surface area contributed by atoms with Crippen LogP contribution in [0.15, 0.2) is 23.0 Å². The molecular formula is C25H35N3O3. The van der Waals surface area contributed by atoms with E-state index in [1.165, 1.54) is 38.5 Å². The van der Waals surface area contributed by atoms with Crippen molar-refractivity contribution in [2.45, 2.75) is 76.4 Å². The smallest absolute Gasteiger partial charge is 0.258 e. The Bertz CT molecular complexity index is 915. The van der Waals surface area contributed by atoms with Crippen molar-refractivity contribution in [1.82, 2.24) is 15.2 Å². The summed E-state index contributed by atoms with van der Waals surface area (Å²) in [5, 5.41) is 16.9. The van der Waals surface area contributed by atoms with Gasteiger partial charge in [-0.1, -0.05) is 25.3 Å². The average Bonchev–Trinajstić information content (AvgIpc) is 3.12. The van der Waals surface area contributed by atoms with Gasteiger partial charge < -0.3 is 20.3 Å². The highest BCUT2D eigenvalue weighted by Crippen LogP contribution is 2.41. The zero-order chi connectivity index (χ0) is 21.4. The van der Waals surface area contributed by atoms with Crippen LogP contribution >= 0.6 is 0 Å². The molecule has 2 fully saturated rings. The van der Waals surface area contributed by atoms with Crippen LogP contribution in [0.2, 0.25) is 0 Å². The predicted molar refractivity (Wildman–Crippen MR) is 120 cm³/mol. The molecular weight excluding hydrogens is 390 g/mol. The van der Waals surface area contributed by atoms with Crippen LogP contribution in [0.5, 0.6) is 0 Å². The number of carbonyl (C=O) groups is 1. The van der Waals surface area contributed by atoms with E-state index in [1.54, 1.807) is 0 Å². The summed E-state index contributed by atoms with van der Waals surface area (Å²) in [6.07, 6.45) is 12.7. The summed E-state index contributed by atoms with van der Waals surface area (Å²) in [4.78, 5) is 26.6. The number of pyridine rings is 1. The Hall–Kier alpha value is -1.92. The first-order valence-corrected chi connectivity index (χ1v) is 12.2. The monoisotopic (exact) mass is 425 g/mol. The number of hydrogen-bond acceptors (Lipinski definition) is 4. The van der Waals surface area contributed by atoms with Crippen molar-refractivity contribution in [3.05, 3.63) is 39.8 Å². The molecule has 2 bridgehead atoms. The number of aliphatic hydroxyl groups is 1. The average molecular weight is 426 g/mol. The van der Waals surface area contributed by atoms with Crippen LogP contribution in [-0.4, -0.2) is 34.8 Å². The quantitative estimate of drug-likeness (QED) is 0.677. The Morgan fingerprint density at radius 2 is 2.00 bits per heavy atom. The van der Waals surface area contributed by atoms with Gasteiger partial charge in [-0.15, -0.1) is 0 Å². The van der Waals surface area contributed by atoms with E-state index in [4.69, 9.17) is 0 Å². The number of hydrogen-bond donors (Lipinski definition) is 3. The Morgan fingerprint density at radius 3 is 2.74 bits per heavy atom. The van der Waals surface area contributed by atoms with Crippen molar-refractivity contribution in [3.8, 4) is 0 Å². The van der Waals surface area contributed by atoms with E-state index in [1.807, 2.05) is 16.7 Å². The minimum atomic E-state index is -0.341. The molecule has 5 rings (SSSR count). The molecule has 4 atom stereocenters. The summed E-state index contributed by atoms with van der Waals surface area (Å²) in [6, 6.07) is 3.71. The lowest BCUT2D eigenvalue weighted by Gasteiger charge is -2.29. The number of amides is 1. The molecule has 3 N–H and O–H groups in total. The molecule has 1 aromatic rings. The largest absolute Gasteiger partial charge is 0.396 e. The van der Waals surface area contributed by atoms with Gasteiger partial charge in [0.2, 0.25) is 5.91 Å². The number of fused-ring (bicyclic) bond motifs is 4. The molecule has 0 unspecified atom stereocenters. The highest BCUT2D eigenvalue weighted by Gasteiger charge is 2.50. The molecule has 2 aliphatic carbocycles. The summed E-state index contributed by atoms with van der Waals surface area (Å²) in [5.41, 5.74) is 2.92. The van der Waals surface area contributed by atoms with Gasteiger partial charge >= 0.3 is 0 Å². The molecule has 6 heteroatoms.